The zero-order valence-corrected chi connectivity index (χ0v) is 13.5. The van der Waals surface area contributed by atoms with E-state index in [0.717, 1.165) is 11.1 Å². The third-order valence-corrected chi connectivity index (χ3v) is 4.27. The van der Waals surface area contributed by atoms with Crippen molar-refractivity contribution in [1.29, 1.82) is 0 Å². The second kappa shape index (κ2) is 6.93. The van der Waals surface area contributed by atoms with Crippen molar-refractivity contribution in [1.82, 2.24) is 4.90 Å². The van der Waals surface area contributed by atoms with Crippen molar-refractivity contribution in [2.45, 2.75) is 19.0 Å². The van der Waals surface area contributed by atoms with Crippen molar-refractivity contribution in [3.63, 3.8) is 0 Å². The Morgan fingerprint density at radius 2 is 1.79 bits per heavy atom. The van der Waals surface area contributed by atoms with E-state index in [1.54, 1.807) is 24.3 Å². The number of amides is 1. The Morgan fingerprint density at radius 1 is 1.12 bits per heavy atom. The van der Waals surface area contributed by atoms with Crippen LogP contribution < -0.4 is 9.84 Å². The molecular weight excluding hydrogens is 330 g/mol. The second-order valence-electron chi connectivity index (χ2n) is 5.57. The molecule has 0 radical (unpaired) electrons. The Kier molecular flexibility index (Phi) is 4.71. The minimum absolute atomic E-state index is 0.234. The van der Waals surface area contributed by atoms with Crippen LogP contribution in [0.4, 0.5) is 0 Å². The van der Waals surface area contributed by atoms with E-state index in [4.69, 9.17) is 16.3 Å². The van der Waals surface area contributed by atoms with Crippen LogP contribution in [0, 0.1) is 0 Å². The molecule has 3 rings (SSSR count). The molecule has 0 aliphatic carbocycles. The average Bonchev–Trinajstić information content (AvgIpc) is 2.59. The van der Waals surface area contributed by atoms with Gasteiger partial charge in [0.25, 0.3) is 5.91 Å². The molecule has 0 saturated heterocycles. The van der Waals surface area contributed by atoms with Crippen LogP contribution in [0.5, 0.6) is 5.75 Å². The number of aliphatic carboxylic acids is 1. The summed E-state index contributed by atoms with van der Waals surface area (Å²) in [7, 11) is 0. The van der Waals surface area contributed by atoms with Gasteiger partial charge in [0, 0.05) is 11.6 Å². The van der Waals surface area contributed by atoms with Gasteiger partial charge in [-0.25, -0.2) is 0 Å². The van der Waals surface area contributed by atoms with E-state index < -0.39 is 17.9 Å². The first-order valence-electron chi connectivity index (χ1n) is 7.50. The molecule has 0 N–H and O–H groups in total. The highest BCUT2D eigenvalue weighted by molar-refractivity contribution is 6.30. The van der Waals surface area contributed by atoms with Crippen LogP contribution in [0.25, 0.3) is 0 Å². The van der Waals surface area contributed by atoms with E-state index in [1.807, 2.05) is 24.3 Å². The normalized spacial score (nSPS) is 16.4. The van der Waals surface area contributed by atoms with Gasteiger partial charge in [-0.05, 0) is 41.8 Å². The van der Waals surface area contributed by atoms with Gasteiger partial charge >= 0.3 is 0 Å². The number of ether oxygens (including phenoxy) is 1. The summed E-state index contributed by atoms with van der Waals surface area (Å²) >= 11 is 5.80. The molecule has 0 bridgehead atoms. The van der Waals surface area contributed by atoms with E-state index in [-0.39, 0.29) is 19.6 Å². The summed E-state index contributed by atoms with van der Waals surface area (Å²) in [6, 6.07) is 13.1. The Labute approximate surface area is 144 Å². The first-order valence-corrected chi connectivity index (χ1v) is 7.88. The van der Waals surface area contributed by atoms with Crippen LogP contribution in [-0.4, -0.2) is 29.4 Å². The second-order valence-corrected chi connectivity index (χ2v) is 6.01. The Balaban J connectivity index is 1.72. The third-order valence-electron chi connectivity index (χ3n) is 4.02. The zero-order chi connectivity index (χ0) is 17.1. The van der Waals surface area contributed by atoms with Gasteiger partial charge in [0.1, 0.15) is 5.75 Å². The van der Waals surface area contributed by atoms with Gasteiger partial charge in [-0.3, -0.25) is 4.79 Å². The monoisotopic (exact) mass is 344 g/mol. The Hall–Kier alpha value is -2.53. The number of carboxylic acids is 1. The van der Waals surface area contributed by atoms with E-state index in [9.17, 15) is 14.7 Å². The summed E-state index contributed by atoms with van der Waals surface area (Å²) in [5.74, 6) is -1.16. The van der Waals surface area contributed by atoms with Crippen LogP contribution in [-0.2, 0) is 22.6 Å². The summed E-state index contributed by atoms with van der Waals surface area (Å²) in [4.78, 5) is 25.2. The summed E-state index contributed by atoms with van der Waals surface area (Å²) in [6.45, 7) is -0.00872. The van der Waals surface area contributed by atoms with E-state index in [1.165, 1.54) is 4.90 Å². The molecule has 0 fully saturated rings. The average molecular weight is 345 g/mol. The Morgan fingerprint density at radius 3 is 2.46 bits per heavy atom. The molecule has 6 heteroatoms. The van der Waals surface area contributed by atoms with Crippen LogP contribution in [0.1, 0.15) is 11.1 Å². The summed E-state index contributed by atoms with van der Waals surface area (Å²) in [6.07, 6.45) is 0.241. The van der Waals surface area contributed by atoms with Gasteiger partial charge in [0.2, 0.25) is 0 Å². The molecule has 0 spiro atoms. The molecule has 0 aromatic heterocycles. The lowest BCUT2D eigenvalue weighted by molar-refractivity contribution is -0.311. The van der Waals surface area contributed by atoms with Gasteiger partial charge in [-0.2, -0.15) is 0 Å². The van der Waals surface area contributed by atoms with Crippen LogP contribution in [0.2, 0.25) is 5.02 Å². The van der Waals surface area contributed by atoms with E-state index in [0.29, 0.717) is 10.8 Å². The highest BCUT2D eigenvalue weighted by Gasteiger charge is 2.30. The van der Waals surface area contributed by atoms with Crippen molar-refractivity contribution >= 4 is 23.5 Å². The molecule has 2 aromatic rings. The largest absolute Gasteiger partial charge is 0.548 e. The van der Waals surface area contributed by atoms with Crippen molar-refractivity contribution < 1.29 is 19.4 Å². The topological polar surface area (TPSA) is 69.7 Å². The number of halogens is 1. The third kappa shape index (κ3) is 3.51. The molecule has 2 aromatic carbocycles. The maximum atomic E-state index is 12.4. The van der Waals surface area contributed by atoms with Gasteiger partial charge < -0.3 is 19.5 Å². The summed E-state index contributed by atoms with van der Waals surface area (Å²) in [5, 5.41) is 12.0. The molecule has 0 saturated carbocycles. The van der Waals surface area contributed by atoms with Crippen molar-refractivity contribution in [3.8, 4) is 5.75 Å². The van der Waals surface area contributed by atoms with E-state index in [2.05, 4.69) is 0 Å². The number of hydrogen-bond acceptors (Lipinski definition) is 4. The predicted molar refractivity (Wildman–Crippen MR) is 86.4 cm³/mol. The molecule has 124 valence electrons. The number of fused-ring (bicyclic) bond motifs is 1. The zero-order valence-electron chi connectivity index (χ0n) is 12.8. The highest BCUT2D eigenvalue weighted by atomic mass is 35.5. The number of nitrogens with zero attached hydrogens (tertiary/aromatic N) is 1. The fourth-order valence-electron chi connectivity index (χ4n) is 2.75. The number of carbonyl (C=O) groups excluding carboxylic acids is 2. The highest BCUT2D eigenvalue weighted by Crippen LogP contribution is 2.23. The lowest BCUT2D eigenvalue weighted by Gasteiger charge is -2.37. The number of carbonyl (C=O) groups is 2. The standard InChI is InChI=1S/C18H16ClNO4/c19-14-5-7-15(8-6-14)24-11-17(21)20-10-13-4-2-1-3-12(13)9-16(20)18(22)23/h1-8,16H,9-11H2,(H,22,23)/p-1/t16-/m1/s1. The lowest BCUT2D eigenvalue weighted by atomic mass is 9.94. The molecule has 1 amide bonds. The quantitative estimate of drug-likeness (QED) is 0.841. The van der Waals surface area contributed by atoms with Crippen molar-refractivity contribution in [3.05, 3.63) is 64.7 Å². The summed E-state index contributed by atoms with van der Waals surface area (Å²) in [5.41, 5.74) is 1.87. The minimum atomic E-state index is -1.26. The molecular formula is C18H15ClNO4-. The fourth-order valence-corrected chi connectivity index (χ4v) is 2.88. The number of rotatable bonds is 4. The summed E-state index contributed by atoms with van der Waals surface area (Å²) < 4.78 is 5.43. The smallest absolute Gasteiger partial charge is 0.261 e. The molecule has 1 heterocycles. The van der Waals surface area contributed by atoms with Gasteiger partial charge in [-0.1, -0.05) is 35.9 Å². The predicted octanol–water partition coefficient (Wildman–Crippen LogP) is 1.42. The fraction of sp³-hybridized carbons (Fsp3) is 0.222. The van der Waals surface area contributed by atoms with Crippen molar-refractivity contribution in [2.24, 2.45) is 0 Å². The van der Waals surface area contributed by atoms with Gasteiger partial charge in [0.05, 0.1) is 12.0 Å². The SMILES string of the molecule is O=C([O-])[C@H]1Cc2ccccc2CN1C(=O)COc1ccc(Cl)cc1. The molecule has 24 heavy (non-hydrogen) atoms. The van der Waals surface area contributed by atoms with Crippen LogP contribution >= 0.6 is 11.6 Å². The van der Waals surface area contributed by atoms with Gasteiger partial charge in [-0.15, -0.1) is 0 Å². The molecule has 1 atom stereocenters. The molecule has 1 aliphatic heterocycles. The molecule has 1 aliphatic rings. The Bertz CT molecular complexity index is 760. The van der Waals surface area contributed by atoms with Crippen molar-refractivity contribution in [2.75, 3.05) is 6.61 Å². The number of benzene rings is 2. The maximum Gasteiger partial charge on any atom is 0.261 e. The first-order chi connectivity index (χ1) is 11.5. The molecule has 5 nitrogen and oxygen atoms in total. The van der Waals surface area contributed by atoms with Crippen LogP contribution in [0.3, 0.4) is 0 Å². The minimum Gasteiger partial charge on any atom is -0.548 e. The maximum absolute atomic E-state index is 12.4. The number of hydrogen-bond donors (Lipinski definition) is 0. The van der Waals surface area contributed by atoms with Crippen LogP contribution in [0.15, 0.2) is 48.5 Å². The lowest BCUT2D eigenvalue weighted by Crippen LogP contribution is -2.54. The first kappa shape index (κ1) is 16.3. The number of carboxylic acid groups (broad SMARTS) is 1. The van der Waals surface area contributed by atoms with E-state index >= 15 is 0 Å². The molecule has 0 unspecified atom stereocenters. The van der Waals surface area contributed by atoms with Gasteiger partial charge in [0.15, 0.2) is 6.61 Å².